The molecule has 1 atom stereocenters. The van der Waals surface area contributed by atoms with Gasteiger partial charge in [-0.25, -0.2) is 12.7 Å². The number of fused-ring (bicyclic) bond motifs is 2. The minimum Gasteiger partial charge on any atom is -0.487 e. The summed E-state index contributed by atoms with van der Waals surface area (Å²) in [7, 11) is -4.02. The Morgan fingerprint density at radius 1 is 1.24 bits per heavy atom. The summed E-state index contributed by atoms with van der Waals surface area (Å²) in [6.07, 6.45) is 0.524. The molecule has 0 saturated carbocycles. The number of nitrogens with one attached hydrogen (secondary N) is 1. The zero-order valence-electron chi connectivity index (χ0n) is 16.4. The molecule has 7 nitrogen and oxygen atoms in total. The first-order chi connectivity index (χ1) is 13.6. The third-order valence-corrected chi connectivity index (χ3v) is 6.95. The van der Waals surface area contributed by atoms with Gasteiger partial charge >= 0.3 is 0 Å². The molecule has 1 N–H and O–H groups in total. The smallest absolute Gasteiger partial charge is 0.269 e. The van der Waals surface area contributed by atoms with Crippen molar-refractivity contribution in [1.29, 1.82) is 0 Å². The molecule has 2 aromatic rings. The topological polar surface area (TPSA) is 92.8 Å². The van der Waals surface area contributed by atoms with Crippen LogP contribution in [0.4, 0.5) is 0 Å². The predicted molar refractivity (Wildman–Crippen MR) is 106 cm³/mol. The van der Waals surface area contributed by atoms with Gasteiger partial charge in [-0.15, -0.1) is 0 Å². The lowest BCUT2D eigenvalue weighted by molar-refractivity contribution is -0.122. The van der Waals surface area contributed by atoms with E-state index in [1.54, 1.807) is 12.1 Å². The van der Waals surface area contributed by atoms with E-state index in [-0.39, 0.29) is 16.5 Å². The van der Waals surface area contributed by atoms with Crippen molar-refractivity contribution in [3.05, 3.63) is 59.2 Å². The van der Waals surface area contributed by atoms with Crippen LogP contribution in [0.2, 0.25) is 0 Å². The van der Waals surface area contributed by atoms with Crippen LogP contribution in [0.5, 0.6) is 5.75 Å². The van der Waals surface area contributed by atoms with E-state index >= 15 is 0 Å². The van der Waals surface area contributed by atoms with Crippen LogP contribution < -0.4 is 10.1 Å². The van der Waals surface area contributed by atoms with Crippen LogP contribution in [0.25, 0.3) is 0 Å². The fourth-order valence-corrected chi connectivity index (χ4v) is 5.37. The van der Waals surface area contributed by atoms with Crippen LogP contribution >= 0.6 is 0 Å². The second-order valence-electron chi connectivity index (χ2n) is 8.04. The highest BCUT2D eigenvalue weighted by atomic mass is 32.2. The number of hydrogen-bond donors (Lipinski definition) is 1. The quantitative estimate of drug-likeness (QED) is 0.833. The molecule has 4 rings (SSSR count). The third kappa shape index (κ3) is 3.37. The minimum absolute atomic E-state index is 0.0641. The molecule has 2 aliphatic heterocycles. The van der Waals surface area contributed by atoms with Crippen molar-refractivity contribution >= 4 is 21.8 Å². The average Bonchev–Trinajstić information content (AvgIpc) is 2.81. The number of ether oxygens (including phenoxy) is 1. The van der Waals surface area contributed by atoms with Crippen LogP contribution in [0, 0.1) is 6.92 Å². The molecule has 0 aliphatic carbocycles. The van der Waals surface area contributed by atoms with Gasteiger partial charge in [-0.05, 0) is 44.5 Å². The Morgan fingerprint density at radius 2 is 1.97 bits per heavy atom. The maximum Gasteiger partial charge on any atom is 0.269 e. The first kappa shape index (κ1) is 19.4. The molecular weight excluding hydrogens is 392 g/mol. The first-order valence-electron chi connectivity index (χ1n) is 9.33. The van der Waals surface area contributed by atoms with Crippen molar-refractivity contribution < 1.29 is 22.7 Å². The lowest BCUT2D eigenvalue weighted by Crippen LogP contribution is -2.45. The summed E-state index contributed by atoms with van der Waals surface area (Å²) in [6.45, 7) is 5.26. The van der Waals surface area contributed by atoms with E-state index in [9.17, 15) is 18.0 Å². The zero-order valence-corrected chi connectivity index (χ0v) is 17.2. The van der Waals surface area contributed by atoms with E-state index in [0.717, 1.165) is 11.1 Å². The van der Waals surface area contributed by atoms with Gasteiger partial charge in [0.15, 0.2) is 0 Å². The Hall–Kier alpha value is -2.87. The van der Waals surface area contributed by atoms with E-state index < -0.39 is 34.0 Å². The molecule has 2 amide bonds. The summed E-state index contributed by atoms with van der Waals surface area (Å²) in [5.74, 6) is -0.521. The molecule has 0 spiro atoms. The molecule has 8 heteroatoms. The number of amides is 2. The second kappa shape index (κ2) is 6.59. The van der Waals surface area contributed by atoms with Gasteiger partial charge in [-0.3, -0.25) is 9.59 Å². The molecule has 0 unspecified atom stereocenters. The van der Waals surface area contributed by atoms with E-state index in [2.05, 4.69) is 5.32 Å². The van der Waals surface area contributed by atoms with Gasteiger partial charge in [0.2, 0.25) is 5.91 Å². The normalized spacial score (nSPS) is 21.1. The van der Waals surface area contributed by atoms with Crippen molar-refractivity contribution in [2.75, 3.05) is 6.54 Å². The number of nitrogens with zero attached hydrogens (tertiary/aromatic N) is 1. The number of carbonyl (C=O) groups excluding carboxylic acids is 2. The highest BCUT2D eigenvalue weighted by Crippen LogP contribution is 2.40. The fraction of sp³-hybridized carbons (Fsp3) is 0.333. The van der Waals surface area contributed by atoms with Gasteiger partial charge in [0.05, 0.1) is 11.6 Å². The molecule has 0 fully saturated rings. The second-order valence-corrected chi connectivity index (χ2v) is 9.87. The molecule has 2 aromatic carbocycles. The third-order valence-electron chi connectivity index (χ3n) is 5.16. The Labute approximate surface area is 169 Å². The lowest BCUT2D eigenvalue weighted by atomic mass is 9.89. The zero-order chi connectivity index (χ0) is 21.0. The molecule has 2 aliphatic rings. The predicted octanol–water partition coefficient (Wildman–Crippen LogP) is 2.56. The van der Waals surface area contributed by atoms with Gasteiger partial charge in [-0.1, -0.05) is 24.3 Å². The van der Waals surface area contributed by atoms with Gasteiger partial charge < -0.3 is 10.1 Å². The van der Waals surface area contributed by atoms with Crippen LogP contribution in [0.1, 0.15) is 47.8 Å². The van der Waals surface area contributed by atoms with Crippen LogP contribution in [-0.2, 0) is 14.8 Å². The first-order valence-corrected chi connectivity index (χ1v) is 10.8. The number of carbonyl (C=O) groups is 2. The van der Waals surface area contributed by atoms with Crippen molar-refractivity contribution in [2.24, 2.45) is 0 Å². The monoisotopic (exact) mass is 414 g/mol. The SMILES string of the molecule is Cc1ccc2c(c1)OC(C)(C)C[C@H]2NC(=O)CN1C(=O)c2ccccc2S1(=O)=O. The van der Waals surface area contributed by atoms with Gasteiger partial charge in [0, 0.05) is 12.0 Å². The lowest BCUT2D eigenvalue weighted by Gasteiger charge is -2.38. The van der Waals surface area contributed by atoms with E-state index in [4.69, 9.17) is 4.74 Å². The summed E-state index contributed by atoms with van der Waals surface area (Å²) < 4.78 is 32.0. The molecule has 0 saturated heterocycles. The Balaban J connectivity index is 1.56. The molecule has 0 bridgehead atoms. The highest BCUT2D eigenvalue weighted by molar-refractivity contribution is 7.90. The molecule has 2 heterocycles. The summed E-state index contributed by atoms with van der Waals surface area (Å²) in [6, 6.07) is 11.4. The maximum atomic E-state index is 12.7. The van der Waals surface area contributed by atoms with Crippen LogP contribution in [-0.4, -0.2) is 36.7 Å². The van der Waals surface area contributed by atoms with Gasteiger partial charge in [0.1, 0.15) is 22.8 Å². The van der Waals surface area contributed by atoms with Crippen LogP contribution in [0.3, 0.4) is 0 Å². The Kier molecular flexibility index (Phi) is 4.42. The largest absolute Gasteiger partial charge is 0.487 e. The number of aryl methyl sites for hydroxylation is 1. The fourth-order valence-electron chi connectivity index (χ4n) is 3.85. The van der Waals surface area contributed by atoms with Crippen molar-refractivity contribution in [2.45, 2.75) is 43.7 Å². The number of rotatable bonds is 3. The number of sulfonamides is 1. The summed E-state index contributed by atoms with van der Waals surface area (Å²) in [5.41, 5.74) is 1.47. The molecule has 29 heavy (non-hydrogen) atoms. The standard InChI is InChI=1S/C21H22N2O5S/c1-13-8-9-14-16(11-21(2,3)28-17(14)10-13)22-19(24)12-23-20(25)15-6-4-5-7-18(15)29(23,26)27/h4-10,16H,11-12H2,1-3H3,(H,22,24)/t16-/m1/s1. The maximum absolute atomic E-state index is 12.7. The minimum atomic E-state index is -4.02. The van der Waals surface area contributed by atoms with Crippen molar-refractivity contribution in [3.8, 4) is 5.75 Å². The molecule has 152 valence electrons. The Bertz CT molecular complexity index is 1120. The van der Waals surface area contributed by atoms with Crippen LogP contribution in [0.15, 0.2) is 47.4 Å². The Morgan fingerprint density at radius 3 is 2.69 bits per heavy atom. The average molecular weight is 414 g/mol. The van der Waals surface area contributed by atoms with E-state index in [0.29, 0.717) is 16.5 Å². The van der Waals surface area contributed by atoms with Crippen molar-refractivity contribution in [3.63, 3.8) is 0 Å². The summed E-state index contributed by atoms with van der Waals surface area (Å²) in [5, 5.41) is 2.88. The summed E-state index contributed by atoms with van der Waals surface area (Å²) in [4.78, 5) is 25.2. The summed E-state index contributed by atoms with van der Waals surface area (Å²) >= 11 is 0. The highest BCUT2D eigenvalue weighted by Gasteiger charge is 2.42. The number of hydrogen-bond acceptors (Lipinski definition) is 5. The van der Waals surface area contributed by atoms with E-state index in [1.165, 1.54) is 12.1 Å². The molecular formula is C21H22N2O5S. The van der Waals surface area contributed by atoms with Gasteiger partial charge in [-0.2, -0.15) is 0 Å². The van der Waals surface area contributed by atoms with Gasteiger partial charge in [0.25, 0.3) is 15.9 Å². The van der Waals surface area contributed by atoms with Crippen molar-refractivity contribution in [1.82, 2.24) is 9.62 Å². The molecule has 0 radical (unpaired) electrons. The molecule has 0 aromatic heterocycles. The number of benzene rings is 2. The van der Waals surface area contributed by atoms with E-state index in [1.807, 2.05) is 39.0 Å².